The highest BCUT2D eigenvalue weighted by atomic mass is 127. The summed E-state index contributed by atoms with van der Waals surface area (Å²) < 4.78 is 13.9. The van der Waals surface area contributed by atoms with E-state index in [-0.39, 0.29) is 48.3 Å². The number of hydrogen-bond acceptors (Lipinski definition) is 3. The van der Waals surface area contributed by atoms with Crippen LogP contribution < -0.4 is 10.6 Å². The third-order valence-electron chi connectivity index (χ3n) is 4.11. The average Bonchev–Trinajstić information content (AvgIpc) is 3.09. The Kier molecular flexibility index (Phi) is 9.34. The number of nitriles is 1. The summed E-state index contributed by atoms with van der Waals surface area (Å²) in [6.07, 6.45) is 1.36. The van der Waals surface area contributed by atoms with Crippen LogP contribution in [0.5, 0.6) is 0 Å². The molecule has 2 N–H and O–H groups in total. The number of halogens is 2. The SMILES string of the molecule is CCNC(=NCc1cc(C#N)ccc1F)NC1CCN(C(=O)CC)C1.I. The summed E-state index contributed by atoms with van der Waals surface area (Å²) in [6.45, 7) is 6.02. The van der Waals surface area contributed by atoms with E-state index in [1.165, 1.54) is 18.2 Å². The van der Waals surface area contributed by atoms with Crippen molar-refractivity contribution in [2.45, 2.75) is 39.3 Å². The summed E-state index contributed by atoms with van der Waals surface area (Å²) in [7, 11) is 0. The van der Waals surface area contributed by atoms with Crippen LogP contribution >= 0.6 is 24.0 Å². The molecule has 2 rings (SSSR count). The number of nitrogens with zero attached hydrogens (tertiary/aromatic N) is 3. The minimum absolute atomic E-state index is 0. The third kappa shape index (κ3) is 6.12. The Morgan fingerprint density at radius 1 is 1.46 bits per heavy atom. The molecule has 8 heteroatoms. The zero-order valence-corrected chi connectivity index (χ0v) is 17.4. The number of nitrogens with one attached hydrogen (secondary N) is 2. The Morgan fingerprint density at radius 2 is 2.23 bits per heavy atom. The Labute approximate surface area is 170 Å². The molecule has 1 aromatic rings. The van der Waals surface area contributed by atoms with Gasteiger partial charge in [0.1, 0.15) is 5.82 Å². The first-order valence-corrected chi connectivity index (χ1v) is 8.58. The molecule has 1 fully saturated rings. The quantitative estimate of drug-likeness (QED) is 0.391. The molecule has 6 nitrogen and oxygen atoms in total. The fraction of sp³-hybridized carbons (Fsp3) is 0.500. The van der Waals surface area contributed by atoms with Crippen LogP contribution in [-0.4, -0.2) is 42.4 Å². The second kappa shape index (κ2) is 11.0. The summed E-state index contributed by atoms with van der Waals surface area (Å²) >= 11 is 0. The molecule has 1 aromatic carbocycles. The lowest BCUT2D eigenvalue weighted by atomic mass is 10.1. The van der Waals surface area contributed by atoms with Crippen molar-refractivity contribution in [3.63, 3.8) is 0 Å². The topological polar surface area (TPSA) is 80.5 Å². The molecule has 0 aliphatic carbocycles. The molecule has 0 bridgehead atoms. The van der Waals surface area contributed by atoms with Gasteiger partial charge in [-0.15, -0.1) is 24.0 Å². The molecule has 1 heterocycles. The van der Waals surface area contributed by atoms with Gasteiger partial charge in [0.25, 0.3) is 0 Å². The zero-order chi connectivity index (χ0) is 18.2. The van der Waals surface area contributed by atoms with E-state index in [0.29, 0.717) is 36.6 Å². The molecule has 0 aromatic heterocycles. The number of guanidine groups is 1. The van der Waals surface area contributed by atoms with Gasteiger partial charge in [-0.25, -0.2) is 9.38 Å². The highest BCUT2D eigenvalue weighted by molar-refractivity contribution is 14.0. The van der Waals surface area contributed by atoms with Crippen LogP contribution in [0.2, 0.25) is 0 Å². The number of hydrogen-bond donors (Lipinski definition) is 2. The van der Waals surface area contributed by atoms with Crippen LogP contribution in [0.15, 0.2) is 23.2 Å². The summed E-state index contributed by atoms with van der Waals surface area (Å²) in [5.74, 6) is 0.362. The second-order valence-electron chi connectivity index (χ2n) is 5.94. The largest absolute Gasteiger partial charge is 0.357 e. The maximum atomic E-state index is 13.9. The van der Waals surface area contributed by atoms with E-state index in [0.717, 1.165) is 13.0 Å². The van der Waals surface area contributed by atoms with E-state index in [2.05, 4.69) is 15.6 Å². The summed E-state index contributed by atoms with van der Waals surface area (Å²) in [5, 5.41) is 15.4. The van der Waals surface area contributed by atoms with Gasteiger partial charge in [-0.05, 0) is 31.5 Å². The number of benzene rings is 1. The Balaban J connectivity index is 0.00000338. The van der Waals surface area contributed by atoms with E-state index in [1.807, 2.05) is 24.8 Å². The molecule has 1 saturated heterocycles. The molecule has 1 unspecified atom stereocenters. The van der Waals surface area contributed by atoms with Crippen LogP contribution in [0.25, 0.3) is 0 Å². The minimum atomic E-state index is -0.376. The smallest absolute Gasteiger partial charge is 0.222 e. The van der Waals surface area contributed by atoms with Crippen molar-refractivity contribution in [3.8, 4) is 6.07 Å². The van der Waals surface area contributed by atoms with E-state index < -0.39 is 0 Å². The summed E-state index contributed by atoms with van der Waals surface area (Å²) in [5.41, 5.74) is 0.791. The second-order valence-corrected chi connectivity index (χ2v) is 5.94. The van der Waals surface area contributed by atoms with Crippen LogP contribution in [0.1, 0.15) is 37.8 Å². The lowest BCUT2D eigenvalue weighted by molar-refractivity contribution is -0.129. The van der Waals surface area contributed by atoms with E-state index in [1.54, 1.807) is 0 Å². The minimum Gasteiger partial charge on any atom is -0.357 e. The van der Waals surface area contributed by atoms with E-state index >= 15 is 0 Å². The Morgan fingerprint density at radius 3 is 2.88 bits per heavy atom. The van der Waals surface area contributed by atoms with Gasteiger partial charge in [0.05, 0.1) is 18.2 Å². The normalized spacial score (nSPS) is 16.6. The maximum absolute atomic E-state index is 13.9. The molecule has 1 amide bonds. The van der Waals surface area contributed by atoms with Crippen molar-refractivity contribution in [2.24, 2.45) is 4.99 Å². The van der Waals surface area contributed by atoms with Crippen LogP contribution in [0, 0.1) is 17.1 Å². The van der Waals surface area contributed by atoms with Gasteiger partial charge in [0.15, 0.2) is 5.96 Å². The molecule has 1 aliphatic heterocycles. The molecular weight excluding hydrogens is 448 g/mol. The molecule has 0 saturated carbocycles. The van der Waals surface area contributed by atoms with Crippen molar-refractivity contribution >= 4 is 35.8 Å². The number of likely N-dealkylation sites (tertiary alicyclic amines) is 1. The van der Waals surface area contributed by atoms with Gasteiger partial charge in [0.2, 0.25) is 5.91 Å². The summed E-state index contributed by atoms with van der Waals surface area (Å²) in [6, 6.07) is 6.38. The number of rotatable bonds is 5. The first-order valence-electron chi connectivity index (χ1n) is 8.58. The molecule has 26 heavy (non-hydrogen) atoms. The van der Waals surface area contributed by atoms with Gasteiger partial charge >= 0.3 is 0 Å². The van der Waals surface area contributed by atoms with E-state index in [4.69, 9.17) is 5.26 Å². The fourth-order valence-corrected chi connectivity index (χ4v) is 2.77. The standard InChI is InChI=1S/C18H24FN5O.HI/c1-3-17(25)24-8-7-15(12-24)23-18(21-4-2)22-11-14-9-13(10-20)5-6-16(14)19;/h5-6,9,15H,3-4,7-8,11-12H2,1-2H3,(H2,21,22,23);1H. The number of amides is 1. The van der Waals surface area contributed by atoms with Crippen molar-refractivity contribution in [1.82, 2.24) is 15.5 Å². The lowest BCUT2D eigenvalue weighted by Gasteiger charge is -2.18. The van der Waals surface area contributed by atoms with Crippen LogP contribution in [-0.2, 0) is 11.3 Å². The number of aliphatic imine (C=N–C) groups is 1. The predicted molar refractivity (Wildman–Crippen MR) is 110 cm³/mol. The Hall–Kier alpha value is -1.89. The molecular formula is C18H25FIN5O. The van der Waals surface area contributed by atoms with Gasteiger partial charge in [-0.1, -0.05) is 6.92 Å². The van der Waals surface area contributed by atoms with Gasteiger partial charge in [-0.3, -0.25) is 4.79 Å². The van der Waals surface area contributed by atoms with Crippen LogP contribution in [0.4, 0.5) is 4.39 Å². The monoisotopic (exact) mass is 473 g/mol. The van der Waals surface area contributed by atoms with Gasteiger partial charge in [0, 0.05) is 37.7 Å². The zero-order valence-electron chi connectivity index (χ0n) is 15.1. The molecule has 142 valence electrons. The van der Waals surface area contributed by atoms with E-state index in [9.17, 15) is 9.18 Å². The number of carbonyl (C=O) groups is 1. The molecule has 0 spiro atoms. The van der Waals surface area contributed by atoms with Gasteiger partial charge in [-0.2, -0.15) is 5.26 Å². The highest BCUT2D eigenvalue weighted by Gasteiger charge is 2.25. The Bertz CT molecular complexity index is 689. The average molecular weight is 473 g/mol. The van der Waals surface area contributed by atoms with Crippen molar-refractivity contribution in [1.29, 1.82) is 5.26 Å². The van der Waals surface area contributed by atoms with Gasteiger partial charge < -0.3 is 15.5 Å². The molecule has 1 atom stereocenters. The number of carbonyl (C=O) groups excluding carboxylic acids is 1. The molecule has 0 radical (unpaired) electrons. The van der Waals surface area contributed by atoms with Crippen molar-refractivity contribution in [3.05, 3.63) is 35.1 Å². The molecule has 1 aliphatic rings. The lowest BCUT2D eigenvalue weighted by Crippen LogP contribution is -2.45. The maximum Gasteiger partial charge on any atom is 0.222 e. The van der Waals surface area contributed by atoms with Crippen LogP contribution in [0.3, 0.4) is 0 Å². The third-order valence-corrected chi connectivity index (χ3v) is 4.11. The first-order chi connectivity index (χ1) is 12.1. The fourth-order valence-electron chi connectivity index (χ4n) is 2.77. The highest BCUT2D eigenvalue weighted by Crippen LogP contribution is 2.12. The first kappa shape index (κ1) is 22.2. The predicted octanol–water partition coefficient (Wildman–Crippen LogP) is 2.38. The van der Waals surface area contributed by atoms with Crippen molar-refractivity contribution in [2.75, 3.05) is 19.6 Å². The summed E-state index contributed by atoms with van der Waals surface area (Å²) in [4.78, 5) is 18.0. The van der Waals surface area contributed by atoms with Crippen molar-refractivity contribution < 1.29 is 9.18 Å².